The first-order chi connectivity index (χ1) is 3.56. The van der Waals surface area contributed by atoms with E-state index >= 15 is 0 Å². The van der Waals surface area contributed by atoms with Crippen molar-refractivity contribution in [3.05, 3.63) is 0 Å². The molecule has 3 nitrogen and oxygen atoms in total. The predicted molar refractivity (Wildman–Crippen MR) is 33.3 cm³/mol. The van der Waals surface area contributed by atoms with Gasteiger partial charge in [-0.2, -0.15) is 0 Å². The van der Waals surface area contributed by atoms with Crippen LogP contribution in [0.15, 0.2) is 0 Å². The third-order valence-corrected chi connectivity index (χ3v) is 2.34. The summed E-state index contributed by atoms with van der Waals surface area (Å²) < 4.78 is 9.95. The first kappa shape index (κ1) is 12.7. The maximum atomic E-state index is 9.95. The summed E-state index contributed by atoms with van der Waals surface area (Å²) in [4.78, 5) is 16.3. The van der Waals surface area contributed by atoms with Crippen molar-refractivity contribution < 1.29 is 43.9 Å². The normalized spacial score (nSPS) is 9.44. The van der Waals surface area contributed by atoms with Crippen LogP contribution in [-0.2, 0) is 4.57 Å². The van der Waals surface area contributed by atoms with Gasteiger partial charge in [-0.05, 0) is 11.4 Å². The number of rotatable bonds is 2. The number of hydrogen-bond acceptors (Lipinski definition) is 2. The standard InChI is InChI=1S/C3H5O3PS.Na/c1-2-3-8-7(4,5)6;/h1H,3H2,(H2,4,5,6);/q;+1. The molecule has 9 heavy (non-hydrogen) atoms. The topological polar surface area (TPSA) is 57.5 Å². The van der Waals surface area contributed by atoms with Crippen LogP contribution in [0.2, 0.25) is 0 Å². The van der Waals surface area contributed by atoms with E-state index in [-0.39, 0.29) is 35.3 Å². The third kappa shape index (κ3) is 12.3. The Morgan fingerprint density at radius 1 is 1.67 bits per heavy atom. The molecule has 0 aliphatic heterocycles. The summed E-state index contributed by atoms with van der Waals surface area (Å²) in [5, 5.41) is 0. The Balaban J connectivity index is 0. The van der Waals surface area contributed by atoms with Crippen LogP contribution >= 0.6 is 18.2 Å². The quantitative estimate of drug-likeness (QED) is 0.275. The molecule has 0 radical (unpaired) electrons. The fourth-order valence-corrected chi connectivity index (χ4v) is 1.09. The molecule has 0 spiro atoms. The molecule has 0 heterocycles. The van der Waals surface area contributed by atoms with E-state index in [1.165, 1.54) is 0 Å². The summed E-state index contributed by atoms with van der Waals surface area (Å²) in [6, 6.07) is 0. The average molecular weight is 175 g/mol. The van der Waals surface area contributed by atoms with Gasteiger partial charge < -0.3 is 9.79 Å². The molecule has 46 valence electrons. The Morgan fingerprint density at radius 2 is 2.11 bits per heavy atom. The molecular formula is C3H5NaO3PS+. The van der Waals surface area contributed by atoms with Crippen LogP contribution in [0.25, 0.3) is 0 Å². The summed E-state index contributed by atoms with van der Waals surface area (Å²) in [5.74, 6) is 2.15. The molecule has 0 aromatic rings. The van der Waals surface area contributed by atoms with Crippen molar-refractivity contribution in [1.29, 1.82) is 0 Å². The first-order valence-corrected chi connectivity index (χ1v) is 4.90. The van der Waals surface area contributed by atoms with Gasteiger partial charge in [0.05, 0.1) is 5.75 Å². The van der Waals surface area contributed by atoms with Gasteiger partial charge >= 0.3 is 36.4 Å². The minimum absolute atomic E-state index is 0. The van der Waals surface area contributed by atoms with Crippen LogP contribution in [-0.4, -0.2) is 15.5 Å². The van der Waals surface area contributed by atoms with Gasteiger partial charge in [0.2, 0.25) is 0 Å². The van der Waals surface area contributed by atoms with Crippen molar-refractivity contribution >= 4 is 18.2 Å². The Kier molecular flexibility index (Phi) is 8.21. The second-order valence-electron chi connectivity index (χ2n) is 0.968. The Morgan fingerprint density at radius 3 is 2.22 bits per heavy atom. The van der Waals surface area contributed by atoms with Crippen molar-refractivity contribution in [2.24, 2.45) is 0 Å². The zero-order valence-corrected chi connectivity index (χ0v) is 8.65. The molecule has 0 aromatic carbocycles. The minimum Gasteiger partial charge on any atom is -0.317 e. The smallest absolute Gasteiger partial charge is 0.317 e. The van der Waals surface area contributed by atoms with Crippen molar-refractivity contribution in [3.8, 4) is 12.3 Å². The second kappa shape index (κ2) is 5.82. The van der Waals surface area contributed by atoms with E-state index in [1.807, 2.05) is 0 Å². The molecular weight excluding hydrogens is 170 g/mol. The number of hydrogen-bond donors (Lipinski definition) is 2. The molecule has 0 fully saturated rings. The van der Waals surface area contributed by atoms with Gasteiger partial charge in [0.25, 0.3) is 0 Å². The molecule has 0 aliphatic carbocycles. The first-order valence-electron chi connectivity index (χ1n) is 1.70. The van der Waals surface area contributed by atoms with Crippen LogP contribution in [0.4, 0.5) is 0 Å². The van der Waals surface area contributed by atoms with E-state index in [0.29, 0.717) is 11.4 Å². The minimum atomic E-state index is -3.91. The van der Waals surface area contributed by atoms with E-state index in [4.69, 9.17) is 16.2 Å². The summed E-state index contributed by atoms with van der Waals surface area (Å²) in [6.07, 6.45) is 4.72. The maximum absolute atomic E-state index is 9.95. The molecule has 0 saturated carbocycles. The third-order valence-electron chi connectivity index (χ3n) is 0.316. The summed E-state index contributed by atoms with van der Waals surface area (Å²) in [6.45, 7) is -3.91. The van der Waals surface area contributed by atoms with E-state index in [2.05, 4.69) is 5.92 Å². The molecule has 0 bridgehead atoms. The fourth-order valence-electron chi connectivity index (χ4n) is 0.121. The van der Waals surface area contributed by atoms with Crippen LogP contribution < -0.4 is 29.6 Å². The predicted octanol–water partition coefficient (Wildman–Crippen LogP) is -2.55. The summed E-state index contributed by atoms with van der Waals surface area (Å²) in [5.41, 5.74) is 0. The van der Waals surface area contributed by atoms with Crippen LogP contribution in [0.5, 0.6) is 0 Å². The number of terminal acetylenes is 1. The zero-order valence-electron chi connectivity index (χ0n) is 4.94. The van der Waals surface area contributed by atoms with Crippen LogP contribution in [0.3, 0.4) is 0 Å². The van der Waals surface area contributed by atoms with Gasteiger partial charge in [-0.25, -0.2) is 4.57 Å². The molecule has 6 heteroatoms. The van der Waals surface area contributed by atoms with Gasteiger partial charge in [0, 0.05) is 0 Å². The fraction of sp³-hybridized carbons (Fsp3) is 0.333. The Hall–Kier alpha value is 1.06. The van der Waals surface area contributed by atoms with E-state index < -0.39 is 6.80 Å². The summed E-state index contributed by atoms with van der Waals surface area (Å²) >= 11 is 0.464. The van der Waals surface area contributed by atoms with Gasteiger partial charge in [-0.1, -0.05) is 5.92 Å². The van der Waals surface area contributed by atoms with Crippen LogP contribution in [0.1, 0.15) is 0 Å². The molecule has 0 saturated heterocycles. The van der Waals surface area contributed by atoms with Gasteiger partial charge in [-0.15, -0.1) is 6.42 Å². The molecule has 0 aromatic heterocycles. The maximum Gasteiger partial charge on any atom is 1.00 e. The van der Waals surface area contributed by atoms with Crippen molar-refractivity contribution in [2.45, 2.75) is 0 Å². The van der Waals surface area contributed by atoms with Crippen molar-refractivity contribution in [3.63, 3.8) is 0 Å². The second-order valence-corrected chi connectivity index (χ2v) is 4.70. The molecule has 0 atom stereocenters. The van der Waals surface area contributed by atoms with Crippen molar-refractivity contribution in [2.75, 3.05) is 5.75 Å². The Labute approximate surface area is 79.8 Å². The van der Waals surface area contributed by atoms with Gasteiger partial charge in [0.15, 0.2) is 0 Å². The van der Waals surface area contributed by atoms with E-state index in [9.17, 15) is 4.57 Å². The van der Waals surface area contributed by atoms with Gasteiger partial charge in [-0.3, -0.25) is 0 Å². The Bertz CT molecular complexity index is 148. The van der Waals surface area contributed by atoms with Crippen LogP contribution in [0, 0.1) is 12.3 Å². The van der Waals surface area contributed by atoms with Gasteiger partial charge in [0.1, 0.15) is 0 Å². The molecule has 0 amide bonds. The monoisotopic (exact) mass is 175 g/mol. The molecule has 0 rings (SSSR count). The average Bonchev–Trinajstić information content (AvgIpc) is 1.59. The molecule has 2 N–H and O–H groups in total. The SMILES string of the molecule is C#CCSP(=O)(O)O.[Na+]. The zero-order chi connectivity index (χ0) is 6.62. The summed E-state index contributed by atoms with van der Waals surface area (Å²) in [7, 11) is 0. The largest absolute Gasteiger partial charge is 1.00 e. The van der Waals surface area contributed by atoms with Crippen molar-refractivity contribution in [1.82, 2.24) is 0 Å². The molecule has 0 unspecified atom stereocenters. The van der Waals surface area contributed by atoms with E-state index in [0.717, 1.165) is 0 Å². The molecule has 0 aliphatic rings. The van der Waals surface area contributed by atoms with E-state index in [1.54, 1.807) is 0 Å².